The number of rotatable bonds is 6. The van der Waals surface area contributed by atoms with Crippen LogP contribution in [0.1, 0.15) is 19.3 Å². The van der Waals surface area contributed by atoms with Gasteiger partial charge in [-0.3, -0.25) is 14.6 Å². The zero-order valence-corrected chi connectivity index (χ0v) is 20.4. The first kappa shape index (κ1) is 23.1. The van der Waals surface area contributed by atoms with Crippen LogP contribution >= 0.6 is 15.9 Å². The van der Waals surface area contributed by atoms with E-state index >= 15 is 0 Å². The van der Waals surface area contributed by atoms with Crippen molar-refractivity contribution in [1.82, 2.24) is 29.6 Å². The van der Waals surface area contributed by atoms with Gasteiger partial charge < -0.3 is 16.0 Å². The highest BCUT2D eigenvalue weighted by atomic mass is 79.9. The van der Waals surface area contributed by atoms with Gasteiger partial charge in [0.05, 0.1) is 17.6 Å². The van der Waals surface area contributed by atoms with Gasteiger partial charge in [-0.15, -0.1) is 0 Å². The topological polar surface area (TPSA) is 132 Å². The molecule has 2 amide bonds. The van der Waals surface area contributed by atoms with Crippen molar-refractivity contribution in [3.8, 4) is 5.69 Å². The number of carbonyl (C=O) groups excluding carboxylic acids is 2. The van der Waals surface area contributed by atoms with Crippen LogP contribution in [0.3, 0.4) is 0 Å². The van der Waals surface area contributed by atoms with Crippen LogP contribution < -0.4 is 11.1 Å². The first-order chi connectivity index (χ1) is 16.8. The summed E-state index contributed by atoms with van der Waals surface area (Å²) in [4.78, 5) is 38.2. The smallest absolute Gasteiger partial charge is 0.237 e. The van der Waals surface area contributed by atoms with Crippen molar-refractivity contribution in [2.45, 2.75) is 25.3 Å². The number of hydrogen-bond acceptors (Lipinski definition) is 7. The molecule has 1 aliphatic rings. The molecule has 1 saturated carbocycles. The molecular formula is C23H22BrFN8O2. The minimum atomic E-state index is -0.541. The fourth-order valence-corrected chi connectivity index (χ4v) is 4.95. The summed E-state index contributed by atoms with van der Waals surface area (Å²) in [7, 11) is 1.58. The van der Waals surface area contributed by atoms with Crippen LogP contribution in [0, 0.1) is 11.7 Å². The van der Waals surface area contributed by atoms with Gasteiger partial charge in [-0.2, -0.15) is 10.1 Å². The fraction of sp³-hybridized carbons (Fsp3) is 0.304. The maximum absolute atomic E-state index is 14.7. The van der Waals surface area contributed by atoms with Crippen LogP contribution in [0.2, 0.25) is 0 Å². The molecule has 3 N–H and O–H groups in total. The van der Waals surface area contributed by atoms with Gasteiger partial charge in [0, 0.05) is 42.9 Å². The number of fused-ring (bicyclic) bond motifs is 2. The SMILES string of the molecule is CN(CC(N)=O)C(=O)[C@@H]1CC[C@@H](Nc2ncc3c(Br)nn(-c4cc(F)c5ncccc5c4)c3n2)C1. The van der Waals surface area contributed by atoms with Gasteiger partial charge in [-0.1, -0.05) is 6.07 Å². The molecule has 35 heavy (non-hydrogen) atoms. The number of amides is 2. The zero-order valence-electron chi connectivity index (χ0n) is 18.8. The van der Waals surface area contributed by atoms with E-state index in [1.807, 2.05) is 0 Å². The van der Waals surface area contributed by atoms with Crippen LogP contribution in [0.15, 0.2) is 41.3 Å². The molecule has 5 rings (SSSR count). The average molecular weight is 541 g/mol. The largest absolute Gasteiger partial charge is 0.368 e. The second-order valence-electron chi connectivity index (χ2n) is 8.65. The third kappa shape index (κ3) is 4.53. The molecular weight excluding hydrogens is 519 g/mol. The van der Waals surface area contributed by atoms with E-state index in [0.29, 0.717) is 45.5 Å². The molecule has 180 valence electrons. The minimum Gasteiger partial charge on any atom is -0.368 e. The Hall–Kier alpha value is -3.67. The molecule has 1 aliphatic carbocycles. The number of halogens is 2. The van der Waals surface area contributed by atoms with Gasteiger partial charge in [0.1, 0.15) is 10.1 Å². The van der Waals surface area contributed by atoms with Gasteiger partial charge in [0.25, 0.3) is 0 Å². The molecule has 0 unspecified atom stereocenters. The van der Waals surface area contributed by atoms with Gasteiger partial charge in [-0.25, -0.2) is 14.1 Å². The maximum Gasteiger partial charge on any atom is 0.237 e. The normalized spacial score (nSPS) is 17.7. The number of benzene rings is 1. The number of aromatic nitrogens is 5. The van der Waals surface area contributed by atoms with E-state index in [1.165, 1.54) is 11.0 Å². The molecule has 10 nitrogen and oxygen atoms in total. The Balaban J connectivity index is 1.39. The van der Waals surface area contributed by atoms with Crippen LogP contribution in [-0.2, 0) is 9.59 Å². The monoisotopic (exact) mass is 540 g/mol. The highest BCUT2D eigenvalue weighted by molar-refractivity contribution is 9.10. The standard InChI is InChI=1S/C23H22BrFN8O2/c1-32(11-18(26)34)22(35)13-4-5-14(7-13)29-23-28-10-16-20(24)31-33(21(16)30-23)15-8-12-3-2-6-27-19(12)17(25)9-15/h2-3,6,8-10,13-14H,4-5,7,11H2,1H3,(H2,26,34)(H,28,29,30)/t13-,14-/m1/s1. The number of nitrogens with zero attached hydrogens (tertiary/aromatic N) is 6. The fourth-order valence-electron chi connectivity index (χ4n) is 4.52. The summed E-state index contributed by atoms with van der Waals surface area (Å²) in [5.41, 5.74) is 6.50. The van der Waals surface area contributed by atoms with E-state index in [-0.39, 0.29) is 29.9 Å². The summed E-state index contributed by atoms with van der Waals surface area (Å²) < 4.78 is 16.8. The Morgan fingerprint density at radius 1 is 1.31 bits per heavy atom. The summed E-state index contributed by atoms with van der Waals surface area (Å²) in [5, 5.41) is 9.11. The van der Waals surface area contributed by atoms with E-state index in [2.05, 4.69) is 41.3 Å². The summed E-state index contributed by atoms with van der Waals surface area (Å²) in [6.45, 7) is -0.0997. The Kier molecular flexibility index (Phi) is 6.05. The number of carbonyl (C=O) groups is 2. The quantitative estimate of drug-likeness (QED) is 0.384. The van der Waals surface area contributed by atoms with Crippen LogP contribution in [0.25, 0.3) is 27.6 Å². The zero-order chi connectivity index (χ0) is 24.7. The van der Waals surface area contributed by atoms with Gasteiger partial charge >= 0.3 is 0 Å². The lowest BCUT2D eigenvalue weighted by molar-refractivity contribution is -0.137. The lowest BCUT2D eigenvalue weighted by atomic mass is 10.1. The number of pyridine rings is 1. The highest BCUT2D eigenvalue weighted by Gasteiger charge is 2.32. The molecule has 2 atom stereocenters. The molecule has 3 aromatic heterocycles. The Morgan fingerprint density at radius 3 is 2.94 bits per heavy atom. The molecule has 1 fully saturated rings. The molecule has 0 aliphatic heterocycles. The number of anilines is 1. The molecule has 1 aromatic carbocycles. The van der Waals surface area contributed by atoms with Crippen LogP contribution in [0.4, 0.5) is 10.3 Å². The van der Waals surface area contributed by atoms with Gasteiger partial charge in [0.15, 0.2) is 11.5 Å². The molecule has 3 heterocycles. The Bertz CT molecular complexity index is 1460. The lowest BCUT2D eigenvalue weighted by Gasteiger charge is -2.19. The second kappa shape index (κ2) is 9.17. The minimum absolute atomic E-state index is 0.00706. The second-order valence-corrected chi connectivity index (χ2v) is 9.40. The van der Waals surface area contributed by atoms with Crippen LogP contribution in [0.5, 0.6) is 0 Å². The number of hydrogen-bond donors (Lipinski definition) is 2. The number of nitrogens with one attached hydrogen (secondary N) is 1. The average Bonchev–Trinajstić information content (AvgIpc) is 3.42. The maximum atomic E-state index is 14.7. The van der Waals surface area contributed by atoms with Crippen molar-refractivity contribution in [3.05, 3.63) is 47.1 Å². The van der Waals surface area contributed by atoms with E-state index in [9.17, 15) is 14.0 Å². The lowest BCUT2D eigenvalue weighted by Crippen LogP contribution is -2.38. The van der Waals surface area contributed by atoms with Crippen molar-refractivity contribution in [2.24, 2.45) is 11.7 Å². The predicted octanol–water partition coefficient (Wildman–Crippen LogP) is 2.79. The van der Waals surface area contributed by atoms with Crippen molar-refractivity contribution in [3.63, 3.8) is 0 Å². The predicted molar refractivity (Wildman–Crippen MR) is 131 cm³/mol. The molecule has 4 aromatic rings. The van der Waals surface area contributed by atoms with E-state index in [0.717, 1.165) is 6.42 Å². The Morgan fingerprint density at radius 2 is 2.14 bits per heavy atom. The first-order valence-electron chi connectivity index (χ1n) is 11.1. The Labute approximate surface area is 207 Å². The van der Waals surface area contributed by atoms with Gasteiger partial charge in [0.2, 0.25) is 17.8 Å². The molecule has 0 bridgehead atoms. The van der Waals surface area contributed by atoms with Crippen molar-refractivity contribution in [2.75, 3.05) is 18.9 Å². The molecule has 0 spiro atoms. The third-order valence-electron chi connectivity index (χ3n) is 6.15. The summed E-state index contributed by atoms with van der Waals surface area (Å²) in [6.07, 6.45) is 5.24. The van der Waals surface area contributed by atoms with E-state index in [4.69, 9.17) is 5.73 Å². The molecule has 12 heteroatoms. The first-order valence-corrected chi connectivity index (χ1v) is 11.8. The van der Waals surface area contributed by atoms with E-state index < -0.39 is 11.7 Å². The molecule has 0 radical (unpaired) electrons. The third-order valence-corrected chi connectivity index (χ3v) is 6.74. The number of likely N-dealkylation sites (N-methyl/N-ethyl adjacent to an activating group) is 1. The highest BCUT2D eigenvalue weighted by Crippen LogP contribution is 2.31. The van der Waals surface area contributed by atoms with Crippen molar-refractivity contribution >= 4 is 55.6 Å². The van der Waals surface area contributed by atoms with Gasteiger partial charge in [-0.05, 0) is 47.3 Å². The van der Waals surface area contributed by atoms with Crippen molar-refractivity contribution < 1.29 is 14.0 Å². The summed E-state index contributed by atoms with van der Waals surface area (Å²) >= 11 is 3.44. The number of nitrogens with two attached hydrogens (primary N) is 1. The van der Waals surface area contributed by atoms with Crippen molar-refractivity contribution in [1.29, 1.82) is 0 Å². The van der Waals surface area contributed by atoms with Crippen LogP contribution in [-0.4, -0.2) is 61.1 Å². The summed E-state index contributed by atoms with van der Waals surface area (Å²) in [6, 6.07) is 6.70. The van der Waals surface area contributed by atoms with E-state index in [1.54, 1.807) is 42.3 Å². The summed E-state index contributed by atoms with van der Waals surface area (Å²) in [5.74, 6) is -0.903. The molecule has 0 saturated heterocycles. The number of primary amides is 1.